The summed E-state index contributed by atoms with van der Waals surface area (Å²) in [6, 6.07) is 9.77. The fourth-order valence-electron chi connectivity index (χ4n) is 3.33. The van der Waals surface area contributed by atoms with E-state index in [1.54, 1.807) is 6.20 Å². The summed E-state index contributed by atoms with van der Waals surface area (Å²) in [6.07, 6.45) is 4.44. The third-order valence-corrected chi connectivity index (χ3v) is 4.70. The molecule has 0 saturated carbocycles. The number of carbonyl (C=O) groups excluding carboxylic acids is 1. The van der Waals surface area contributed by atoms with Gasteiger partial charge in [0.2, 0.25) is 5.91 Å². The highest BCUT2D eigenvalue weighted by atomic mass is 16.5. The average molecular weight is 383 g/mol. The molecule has 0 radical (unpaired) electrons. The lowest BCUT2D eigenvalue weighted by Gasteiger charge is -2.25. The first kappa shape index (κ1) is 20.1. The van der Waals surface area contributed by atoms with E-state index in [9.17, 15) is 4.79 Å². The first-order valence-electron chi connectivity index (χ1n) is 9.79. The highest BCUT2D eigenvalue weighted by molar-refractivity contribution is 5.78. The summed E-state index contributed by atoms with van der Waals surface area (Å²) in [4.78, 5) is 18.8. The van der Waals surface area contributed by atoms with Crippen LogP contribution in [0.25, 0.3) is 0 Å². The number of benzene rings is 1. The van der Waals surface area contributed by atoms with Crippen LogP contribution in [-0.2, 0) is 11.3 Å². The second kappa shape index (κ2) is 9.55. The zero-order chi connectivity index (χ0) is 19.9. The van der Waals surface area contributed by atoms with E-state index in [2.05, 4.69) is 24.1 Å². The lowest BCUT2D eigenvalue weighted by atomic mass is 9.95. The highest BCUT2D eigenvalue weighted by Crippen LogP contribution is 2.34. The average Bonchev–Trinajstić information content (AvgIpc) is 2.91. The summed E-state index contributed by atoms with van der Waals surface area (Å²) in [6.45, 7) is 6.52. The molecule has 0 unspecified atom stereocenters. The molecule has 2 aromatic rings. The van der Waals surface area contributed by atoms with Gasteiger partial charge in [-0.3, -0.25) is 14.7 Å². The number of hydrogen-bond donors (Lipinski definition) is 1. The van der Waals surface area contributed by atoms with Crippen molar-refractivity contribution >= 4 is 5.91 Å². The quantitative estimate of drug-likeness (QED) is 0.796. The lowest BCUT2D eigenvalue weighted by molar-refractivity contribution is -0.123. The molecule has 1 aliphatic rings. The number of fused-ring (bicyclic) bond motifs is 1. The fourth-order valence-corrected chi connectivity index (χ4v) is 3.33. The van der Waals surface area contributed by atoms with Crippen LogP contribution in [0.3, 0.4) is 0 Å². The van der Waals surface area contributed by atoms with E-state index >= 15 is 0 Å². The standard InChI is InChI=1S/C22H29N3O3/c1-16(2)22(18-7-8-19-20(12-18)28-11-5-10-27-19)24-21(26)15-25(3)14-17-6-4-9-23-13-17/h4,6-9,12-13,16,22H,5,10-11,14-15H2,1-3H3,(H,24,26)/t22-/m1/s1. The van der Waals surface area contributed by atoms with Gasteiger partial charge in [-0.2, -0.15) is 0 Å². The van der Waals surface area contributed by atoms with Gasteiger partial charge in [-0.25, -0.2) is 0 Å². The fraction of sp³-hybridized carbons (Fsp3) is 0.455. The molecule has 1 atom stereocenters. The van der Waals surface area contributed by atoms with Crippen molar-refractivity contribution in [2.75, 3.05) is 26.8 Å². The van der Waals surface area contributed by atoms with E-state index < -0.39 is 0 Å². The van der Waals surface area contributed by atoms with Crippen LogP contribution in [0.4, 0.5) is 0 Å². The van der Waals surface area contributed by atoms with Crippen molar-refractivity contribution in [1.82, 2.24) is 15.2 Å². The molecule has 0 saturated heterocycles. The van der Waals surface area contributed by atoms with Gasteiger partial charge in [0, 0.05) is 25.4 Å². The van der Waals surface area contributed by atoms with E-state index in [1.165, 1.54) is 0 Å². The van der Waals surface area contributed by atoms with Crippen molar-refractivity contribution in [3.63, 3.8) is 0 Å². The second-order valence-electron chi connectivity index (χ2n) is 7.58. The Hall–Kier alpha value is -2.60. The van der Waals surface area contributed by atoms with Crippen LogP contribution in [0.15, 0.2) is 42.7 Å². The SMILES string of the molecule is CC(C)[C@@H](NC(=O)CN(C)Cc1cccnc1)c1ccc2c(c1)OCCCO2. The molecule has 1 aromatic carbocycles. The zero-order valence-electron chi connectivity index (χ0n) is 16.9. The van der Waals surface area contributed by atoms with Gasteiger partial charge in [-0.1, -0.05) is 26.0 Å². The number of nitrogens with zero attached hydrogens (tertiary/aromatic N) is 2. The van der Waals surface area contributed by atoms with E-state index in [-0.39, 0.29) is 17.9 Å². The van der Waals surface area contributed by atoms with Gasteiger partial charge in [-0.05, 0) is 42.3 Å². The zero-order valence-corrected chi connectivity index (χ0v) is 16.9. The van der Waals surface area contributed by atoms with E-state index in [0.717, 1.165) is 29.0 Å². The van der Waals surface area contributed by atoms with Crippen LogP contribution in [0.1, 0.15) is 37.4 Å². The third-order valence-electron chi connectivity index (χ3n) is 4.70. The van der Waals surface area contributed by atoms with Gasteiger partial charge < -0.3 is 14.8 Å². The van der Waals surface area contributed by atoms with Gasteiger partial charge in [0.25, 0.3) is 0 Å². The Labute approximate surface area is 166 Å². The number of aromatic nitrogens is 1. The Balaban J connectivity index is 1.64. The summed E-state index contributed by atoms with van der Waals surface area (Å²) in [5.74, 6) is 1.77. The number of ether oxygens (including phenoxy) is 2. The first-order valence-corrected chi connectivity index (χ1v) is 9.79. The van der Waals surface area contributed by atoms with Crippen molar-refractivity contribution in [2.45, 2.75) is 32.9 Å². The third kappa shape index (κ3) is 5.45. The van der Waals surface area contributed by atoms with Crippen molar-refractivity contribution in [1.29, 1.82) is 0 Å². The molecular formula is C22H29N3O3. The molecule has 0 aliphatic carbocycles. The van der Waals surface area contributed by atoms with Crippen molar-refractivity contribution in [3.05, 3.63) is 53.9 Å². The Morgan fingerprint density at radius 1 is 1.21 bits per heavy atom. The summed E-state index contributed by atoms with van der Waals surface area (Å²) in [5.41, 5.74) is 2.11. The molecule has 2 heterocycles. The summed E-state index contributed by atoms with van der Waals surface area (Å²) in [5, 5.41) is 3.18. The molecule has 1 amide bonds. The van der Waals surface area contributed by atoms with Gasteiger partial charge in [0.15, 0.2) is 11.5 Å². The molecule has 0 spiro atoms. The van der Waals surface area contributed by atoms with Crippen LogP contribution in [0, 0.1) is 5.92 Å². The molecule has 0 bridgehead atoms. The molecule has 1 aliphatic heterocycles. The van der Waals surface area contributed by atoms with Crippen molar-refractivity contribution < 1.29 is 14.3 Å². The van der Waals surface area contributed by atoms with E-state index in [1.807, 2.05) is 48.5 Å². The smallest absolute Gasteiger partial charge is 0.234 e. The van der Waals surface area contributed by atoms with Crippen LogP contribution in [0.5, 0.6) is 11.5 Å². The molecule has 6 heteroatoms. The molecule has 6 nitrogen and oxygen atoms in total. The summed E-state index contributed by atoms with van der Waals surface area (Å²) < 4.78 is 11.5. The van der Waals surface area contributed by atoms with E-state index in [4.69, 9.17) is 9.47 Å². The normalized spacial score (nSPS) is 14.6. The van der Waals surface area contributed by atoms with Crippen LogP contribution >= 0.6 is 0 Å². The number of amides is 1. The number of rotatable bonds is 7. The van der Waals surface area contributed by atoms with Crippen LogP contribution in [0.2, 0.25) is 0 Å². The predicted molar refractivity (Wildman–Crippen MR) is 108 cm³/mol. The maximum atomic E-state index is 12.7. The maximum absolute atomic E-state index is 12.7. The largest absolute Gasteiger partial charge is 0.490 e. The molecule has 0 fully saturated rings. The van der Waals surface area contributed by atoms with E-state index in [0.29, 0.717) is 26.3 Å². The monoisotopic (exact) mass is 383 g/mol. The van der Waals surface area contributed by atoms with Gasteiger partial charge in [0.1, 0.15) is 0 Å². The molecule has 1 N–H and O–H groups in total. The number of nitrogens with one attached hydrogen (secondary N) is 1. The Bertz CT molecular complexity index is 780. The number of pyridine rings is 1. The molecule has 28 heavy (non-hydrogen) atoms. The topological polar surface area (TPSA) is 63.7 Å². The number of carbonyl (C=O) groups is 1. The van der Waals surface area contributed by atoms with Crippen molar-refractivity contribution in [2.24, 2.45) is 5.92 Å². The number of hydrogen-bond acceptors (Lipinski definition) is 5. The summed E-state index contributed by atoms with van der Waals surface area (Å²) >= 11 is 0. The maximum Gasteiger partial charge on any atom is 0.234 e. The minimum absolute atomic E-state index is 0.00259. The highest BCUT2D eigenvalue weighted by Gasteiger charge is 2.21. The minimum atomic E-state index is -0.0866. The van der Waals surface area contributed by atoms with Gasteiger partial charge in [-0.15, -0.1) is 0 Å². The van der Waals surface area contributed by atoms with Crippen LogP contribution in [-0.4, -0.2) is 42.6 Å². The van der Waals surface area contributed by atoms with Crippen molar-refractivity contribution in [3.8, 4) is 11.5 Å². The Kier molecular flexibility index (Phi) is 6.87. The molecule has 3 rings (SSSR count). The second-order valence-corrected chi connectivity index (χ2v) is 7.58. The van der Waals surface area contributed by atoms with Crippen LogP contribution < -0.4 is 14.8 Å². The minimum Gasteiger partial charge on any atom is -0.490 e. The molecule has 1 aromatic heterocycles. The number of likely N-dealkylation sites (N-methyl/N-ethyl adjacent to an activating group) is 1. The summed E-state index contributed by atoms with van der Waals surface area (Å²) in [7, 11) is 1.94. The molecule has 150 valence electrons. The predicted octanol–water partition coefficient (Wildman–Crippen LogP) is 3.19. The van der Waals surface area contributed by atoms with Gasteiger partial charge in [0.05, 0.1) is 25.8 Å². The Morgan fingerprint density at radius 2 is 2.00 bits per heavy atom. The molecular weight excluding hydrogens is 354 g/mol. The lowest BCUT2D eigenvalue weighted by Crippen LogP contribution is -2.38. The first-order chi connectivity index (χ1) is 13.5. The van der Waals surface area contributed by atoms with Gasteiger partial charge >= 0.3 is 0 Å². The Morgan fingerprint density at radius 3 is 2.71 bits per heavy atom.